The summed E-state index contributed by atoms with van der Waals surface area (Å²) < 4.78 is 9.22. The van der Waals surface area contributed by atoms with E-state index < -0.39 is 5.97 Å². The van der Waals surface area contributed by atoms with Gasteiger partial charge >= 0.3 is 5.97 Å². The van der Waals surface area contributed by atoms with Gasteiger partial charge in [0.15, 0.2) is 5.75 Å². The lowest BCUT2D eigenvalue weighted by atomic mass is 10.2. The second kappa shape index (κ2) is 4.23. The molecule has 2 rings (SSSR count). The maximum absolute atomic E-state index is 10.9. The lowest BCUT2D eigenvalue weighted by molar-refractivity contribution is 0.0694. The van der Waals surface area contributed by atoms with E-state index in [4.69, 9.17) is 9.84 Å². The van der Waals surface area contributed by atoms with Crippen LogP contribution in [0.5, 0.6) is 10.9 Å². The van der Waals surface area contributed by atoms with Gasteiger partial charge in [-0.3, -0.25) is 4.98 Å². The molecule has 0 aromatic carbocycles. The van der Waals surface area contributed by atoms with Crippen molar-refractivity contribution in [1.29, 1.82) is 0 Å². The number of carboxylic acid groups (broad SMARTS) is 1. The molecular weight excluding hydrogens is 230 g/mol. The average Bonchev–Trinajstić information content (AvgIpc) is 2.64. The summed E-state index contributed by atoms with van der Waals surface area (Å²) in [5.41, 5.74) is 0.0443. The zero-order chi connectivity index (χ0) is 11.5. The fourth-order valence-corrected chi connectivity index (χ4v) is 1.60. The van der Waals surface area contributed by atoms with Gasteiger partial charge in [-0.05, 0) is 13.0 Å². The highest BCUT2D eigenvalue weighted by atomic mass is 32.1. The molecule has 2 heterocycles. The summed E-state index contributed by atoms with van der Waals surface area (Å²) in [6.07, 6.45) is 2.72. The molecule has 6 nitrogen and oxygen atoms in total. The van der Waals surface area contributed by atoms with E-state index in [2.05, 4.69) is 14.3 Å². The lowest BCUT2D eigenvalue weighted by Gasteiger charge is -2.03. The van der Waals surface area contributed by atoms with Gasteiger partial charge in [-0.15, -0.1) is 0 Å². The van der Waals surface area contributed by atoms with Gasteiger partial charge in [0.25, 0.3) is 5.19 Å². The molecule has 0 aliphatic carbocycles. The molecule has 0 unspecified atom stereocenters. The van der Waals surface area contributed by atoms with E-state index in [1.165, 1.54) is 18.5 Å². The Morgan fingerprint density at radius 3 is 3.00 bits per heavy atom. The quantitative estimate of drug-likeness (QED) is 0.874. The summed E-state index contributed by atoms with van der Waals surface area (Å²) in [6.45, 7) is 1.73. The number of aryl methyl sites for hydroxylation is 1. The van der Waals surface area contributed by atoms with Crippen molar-refractivity contribution in [2.45, 2.75) is 6.92 Å². The highest BCUT2D eigenvalue weighted by Gasteiger charge is 2.13. The normalized spacial score (nSPS) is 10.1. The van der Waals surface area contributed by atoms with Crippen molar-refractivity contribution in [3.8, 4) is 10.9 Å². The van der Waals surface area contributed by atoms with Gasteiger partial charge < -0.3 is 9.84 Å². The van der Waals surface area contributed by atoms with Crippen LogP contribution in [0.25, 0.3) is 0 Å². The number of carboxylic acids is 1. The van der Waals surface area contributed by atoms with Crippen molar-refractivity contribution in [3.63, 3.8) is 0 Å². The molecule has 0 fully saturated rings. The van der Waals surface area contributed by atoms with Gasteiger partial charge in [-0.1, -0.05) is 0 Å². The summed E-state index contributed by atoms with van der Waals surface area (Å²) in [5.74, 6) is -0.328. The third-order valence-corrected chi connectivity index (χ3v) is 2.41. The standard InChI is InChI=1S/C9H7N3O3S/c1-5-11-9(16-12-5)15-7-4-10-3-2-6(7)8(13)14/h2-4H,1H3,(H,13,14). The van der Waals surface area contributed by atoms with Crippen LogP contribution in [0, 0.1) is 6.92 Å². The van der Waals surface area contributed by atoms with Crippen LogP contribution in [0.4, 0.5) is 0 Å². The fourth-order valence-electron chi connectivity index (χ4n) is 1.05. The molecular formula is C9H7N3O3S. The Morgan fingerprint density at radius 2 is 2.38 bits per heavy atom. The van der Waals surface area contributed by atoms with Crippen LogP contribution in [-0.4, -0.2) is 25.4 Å². The van der Waals surface area contributed by atoms with Crippen LogP contribution in [0.15, 0.2) is 18.5 Å². The second-order valence-corrected chi connectivity index (χ2v) is 3.60. The van der Waals surface area contributed by atoms with E-state index in [0.29, 0.717) is 11.0 Å². The van der Waals surface area contributed by atoms with E-state index in [0.717, 1.165) is 11.5 Å². The first kappa shape index (κ1) is 10.5. The van der Waals surface area contributed by atoms with Crippen LogP contribution >= 0.6 is 11.5 Å². The van der Waals surface area contributed by atoms with E-state index in [1.54, 1.807) is 6.92 Å². The summed E-state index contributed by atoms with van der Waals surface area (Å²) in [5, 5.41) is 9.21. The Bertz CT molecular complexity index is 526. The molecule has 0 saturated heterocycles. The first-order chi connectivity index (χ1) is 7.66. The number of aromatic carboxylic acids is 1. The predicted molar refractivity (Wildman–Crippen MR) is 55.9 cm³/mol. The Labute approximate surface area is 94.7 Å². The number of hydrogen-bond acceptors (Lipinski definition) is 6. The lowest BCUT2D eigenvalue weighted by Crippen LogP contribution is -2.00. The van der Waals surface area contributed by atoms with Crippen LogP contribution in [0.1, 0.15) is 16.2 Å². The molecule has 0 saturated carbocycles. The Hall–Kier alpha value is -2.02. The molecule has 82 valence electrons. The minimum atomic E-state index is -1.07. The van der Waals surface area contributed by atoms with Crippen molar-refractivity contribution < 1.29 is 14.6 Å². The van der Waals surface area contributed by atoms with Crippen LogP contribution in [-0.2, 0) is 0 Å². The molecule has 2 aromatic heterocycles. The molecule has 0 bridgehead atoms. The largest absolute Gasteiger partial charge is 0.478 e. The van der Waals surface area contributed by atoms with Gasteiger partial charge in [-0.2, -0.15) is 9.36 Å². The molecule has 0 aliphatic rings. The van der Waals surface area contributed by atoms with E-state index in [9.17, 15) is 4.79 Å². The van der Waals surface area contributed by atoms with Crippen molar-refractivity contribution in [2.24, 2.45) is 0 Å². The van der Waals surface area contributed by atoms with Gasteiger partial charge in [-0.25, -0.2) is 4.79 Å². The summed E-state index contributed by atoms with van der Waals surface area (Å²) >= 11 is 1.06. The fraction of sp³-hybridized carbons (Fsp3) is 0.111. The number of ether oxygens (including phenoxy) is 1. The zero-order valence-corrected chi connectivity index (χ0v) is 9.06. The van der Waals surface area contributed by atoms with Crippen molar-refractivity contribution in [3.05, 3.63) is 29.8 Å². The van der Waals surface area contributed by atoms with Crippen LogP contribution in [0.2, 0.25) is 0 Å². The maximum atomic E-state index is 10.9. The molecule has 7 heteroatoms. The number of aromatic nitrogens is 3. The van der Waals surface area contributed by atoms with Crippen molar-refractivity contribution in [1.82, 2.24) is 14.3 Å². The highest BCUT2D eigenvalue weighted by Crippen LogP contribution is 2.25. The van der Waals surface area contributed by atoms with Crippen molar-refractivity contribution >= 4 is 17.5 Å². The van der Waals surface area contributed by atoms with E-state index in [1.807, 2.05) is 0 Å². The molecule has 2 aromatic rings. The molecule has 0 aliphatic heterocycles. The molecule has 0 spiro atoms. The molecule has 0 amide bonds. The smallest absolute Gasteiger partial charge is 0.339 e. The SMILES string of the molecule is Cc1nsc(Oc2cnccc2C(=O)O)n1. The first-order valence-corrected chi connectivity index (χ1v) is 5.09. The molecule has 0 atom stereocenters. The minimum Gasteiger partial charge on any atom is -0.478 e. The Kier molecular flexibility index (Phi) is 2.78. The van der Waals surface area contributed by atoms with E-state index in [-0.39, 0.29) is 11.3 Å². The zero-order valence-electron chi connectivity index (χ0n) is 8.25. The maximum Gasteiger partial charge on any atom is 0.339 e. The van der Waals surface area contributed by atoms with Gasteiger partial charge in [0.05, 0.1) is 6.20 Å². The summed E-state index contributed by atoms with van der Waals surface area (Å²) in [4.78, 5) is 18.6. The number of pyridine rings is 1. The minimum absolute atomic E-state index is 0.0443. The number of carbonyl (C=O) groups is 1. The number of hydrogen-bond donors (Lipinski definition) is 1. The van der Waals surface area contributed by atoms with E-state index >= 15 is 0 Å². The predicted octanol–water partition coefficient (Wildman–Crippen LogP) is 1.73. The molecule has 0 radical (unpaired) electrons. The third-order valence-electron chi connectivity index (χ3n) is 1.72. The number of nitrogens with zero attached hydrogens (tertiary/aromatic N) is 3. The van der Waals surface area contributed by atoms with Gasteiger partial charge in [0.2, 0.25) is 0 Å². The van der Waals surface area contributed by atoms with Gasteiger partial charge in [0, 0.05) is 17.7 Å². The number of rotatable bonds is 3. The summed E-state index contributed by atoms with van der Waals surface area (Å²) in [7, 11) is 0. The molecule has 16 heavy (non-hydrogen) atoms. The topological polar surface area (TPSA) is 85.2 Å². The van der Waals surface area contributed by atoms with Crippen molar-refractivity contribution in [2.75, 3.05) is 0 Å². The second-order valence-electron chi connectivity index (χ2n) is 2.89. The summed E-state index contributed by atoms with van der Waals surface area (Å²) in [6, 6.07) is 1.37. The Morgan fingerprint density at radius 1 is 1.56 bits per heavy atom. The van der Waals surface area contributed by atoms with Gasteiger partial charge in [0.1, 0.15) is 11.4 Å². The first-order valence-electron chi connectivity index (χ1n) is 4.32. The van der Waals surface area contributed by atoms with Crippen LogP contribution in [0.3, 0.4) is 0 Å². The monoisotopic (exact) mass is 237 g/mol. The third kappa shape index (κ3) is 2.14. The molecule has 1 N–H and O–H groups in total. The average molecular weight is 237 g/mol. The Balaban J connectivity index is 2.31. The van der Waals surface area contributed by atoms with Crippen LogP contribution < -0.4 is 4.74 Å². The highest BCUT2D eigenvalue weighted by molar-refractivity contribution is 7.07.